The Hall–Kier alpha value is 2.41. The molecule has 0 aromatic rings. The molecule has 0 bridgehead atoms. The molecule has 5 heteroatoms. The SMILES string of the molecule is SS.[Fe].[LiH].[LiH]. The summed E-state index contributed by atoms with van der Waals surface area (Å²) in [5.41, 5.74) is 0. The first-order chi connectivity index (χ1) is 1.00. The molecule has 0 aliphatic carbocycles. The van der Waals surface area contributed by atoms with E-state index < -0.39 is 0 Å². The fraction of sp³-hybridized carbons (Fsp3) is 0. The average Bonchev–Trinajstić information content (AvgIpc) is 1.00. The molecule has 0 atom stereocenters. The fourth-order valence-electron chi connectivity index (χ4n) is 0. The molecule has 0 nitrogen and oxygen atoms in total. The van der Waals surface area contributed by atoms with Crippen molar-refractivity contribution in [1.29, 1.82) is 0 Å². The van der Waals surface area contributed by atoms with E-state index in [-0.39, 0.29) is 54.8 Å². The van der Waals surface area contributed by atoms with Crippen molar-refractivity contribution < 1.29 is 17.1 Å². The molecule has 0 amide bonds. The molecule has 0 spiro atoms. The van der Waals surface area contributed by atoms with E-state index in [4.69, 9.17) is 0 Å². The van der Waals surface area contributed by atoms with E-state index in [9.17, 15) is 0 Å². The molecule has 0 aliphatic rings. The van der Waals surface area contributed by atoms with Crippen LogP contribution in [0.3, 0.4) is 0 Å². The summed E-state index contributed by atoms with van der Waals surface area (Å²) >= 11 is 6.44. The van der Waals surface area contributed by atoms with Gasteiger partial charge in [-0.25, -0.2) is 0 Å². The molecule has 0 radical (unpaired) electrons. The van der Waals surface area contributed by atoms with Crippen molar-refractivity contribution in [1.82, 2.24) is 0 Å². The molecule has 26 valence electrons. The predicted molar refractivity (Wildman–Crippen MR) is 32.3 cm³/mol. The van der Waals surface area contributed by atoms with E-state index >= 15 is 0 Å². The standard InChI is InChI=1S/Fe.2Li.H2S2.2H/c;;;1-2;;/h;;;1-2H;;. The van der Waals surface area contributed by atoms with Crippen molar-refractivity contribution in [2.45, 2.75) is 0 Å². The molecule has 0 aliphatic heterocycles. The van der Waals surface area contributed by atoms with Crippen molar-refractivity contribution in [2.75, 3.05) is 0 Å². The molecule has 0 aromatic heterocycles. The monoisotopic (exact) mass is 138 g/mol. The Bertz CT molecular complexity index is 7.61. The Labute approximate surface area is 77.3 Å². The third kappa shape index (κ3) is 21.4. The first-order valence-electron chi connectivity index (χ1n) is 0.200. The van der Waals surface area contributed by atoms with E-state index in [0.717, 1.165) is 0 Å². The van der Waals surface area contributed by atoms with Gasteiger partial charge in [-0.15, -0.1) is 23.3 Å². The zero-order valence-electron chi connectivity index (χ0n) is 1.25. The van der Waals surface area contributed by atoms with Gasteiger partial charge in [0.1, 0.15) is 0 Å². The first-order valence-corrected chi connectivity index (χ1v) is 1.80. The summed E-state index contributed by atoms with van der Waals surface area (Å²) in [5.74, 6) is 0. The number of hydrogen-bond donors (Lipinski definition) is 2. The maximum atomic E-state index is 3.22. The number of thiol groups is 2. The molecular weight excluding hydrogens is 134 g/mol. The zero-order chi connectivity index (χ0) is 2.00. The van der Waals surface area contributed by atoms with E-state index in [1.54, 1.807) is 0 Å². The Morgan fingerprint density at radius 1 is 0.800 bits per heavy atom. The van der Waals surface area contributed by atoms with Crippen molar-refractivity contribution in [3.05, 3.63) is 0 Å². The van der Waals surface area contributed by atoms with Crippen LogP contribution in [0.5, 0.6) is 0 Å². The Balaban J connectivity index is -0.00000000167. The maximum absolute atomic E-state index is 3.22. The Morgan fingerprint density at radius 3 is 0.800 bits per heavy atom. The van der Waals surface area contributed by atoms with Crippen LogP contribution < -0.4 is 0 Å². The summed E-state index contributed by atoms with van der Waals surface area (Å²) in [6, 6.07) is 0. The molecule has 0 heterocycles. The van der Waals surface area contributed by atoms with Crippen LogP contribution in [0.15, 0.2) is 0 Å². The third-order valence-corrected chi connectivity index (χ3v) is 0. The van der Waals surface area contributed by atoms with Crippen molar-refractivity contribution >= 4 is 61.0 Å². The Morgan fingerprint density at radius 2 is 0.800 bits per heavy atom. The summed E-state index contributed by atoms with van der Waals surface area (Å²) < 4.78 is 0. The van der Waals surface area contributed by atoms with Gasteiger partial charge in [0.25, 0.3) is 0 Å². The van der Waals surface area contributed by atoms with Gasteiger partial charge in [0.15, 0.2) is 0 Å². The van der Waals surface area contributed by atoms with Crippen LogP contribution in [-0.4, -0.2) is 37.7 Å². The van der Waals surface area contributed by atoms with Gasteiger partial charge < -0.3 is 0 Å². The molecule has 0 saturated heterocycles. The summed E-state index contributed by atoms with van der Waals surface area (Å²) in [5, 5.41) is 0. The second kappa shape index (κ2) is 32.3. The van der Waals surface area contributed by atoms with Gasteiger partial charge in [-0.3, -0.25) is 0 Å². The van der Waals surface area contributed by atoms with Gasteiger partial charge in [-0.2, -0.15) is 0 Å². The van der Waals surface area contributed by atoms with Crippen LogP contribution in [0, 0.1) is 0 Å². The van der Waals surface area contributed by atoms with Gasteiger partial charge in [0.2, 0.25) is 0 Å². The van der Waals surface area contributed by atoms with E-state index in [1.165, 1.54) is 0 Å². The van der Waals surface area contributed by atoms with E-state index in [0.29, 0.717) is 0 Å². The average molecular weight is 138 g/mol. The van der Waals surface area contributed by atoms with Crippen LogP contribution in [0.2, 0.25) is 0 Å². The van der Waals surface area contributed by atoms with Crippen molar-refractivity contribution in [2.24, 2.45) is 0 Å². The summed E-state index contributed by atoms with van der Waals surface area (Å²) in [6.45, 7) is 0. The normalized spacial score (nSPS) is 1.20. The molecule has 0 rings (SSSR count). The van der Waals surface area contributed by atoms with Crippen LogP contribution >= 0.6 is 23.3 Å². The van der Waals surface area contributed by atoms with Gasteiger partial charge in [0, 0.05) is 17.1 Å². The van der Waals surface area contributed by atoms with E-state index in [1.807, 2.05) is 0 Å². The minimum absolute atomic E-state index is 0. The van der Waals surface area contributed by atoms with Crippen LogP contribution in [0.25, 0.3) is 0 Å². The van der Waals surface area contributed by atoms with Crippen LogP contribution in [-0.2, 0) is 17.1 Å². The fourth-order valence-corrected chi connectivity index (χ4v) is 0. The zero-order valence-corrected chi connectivity index (χ0v) is 4.14. The second-order valence-corrected chi connectivity index (χ2v) is 0. The summed E-state index contributed by atoms with van der Waals surface area (Å²) in [6.07, 6.45) is 0. The molecule has 0 fully saturated rings. The van der Waals surface area contributed by atoms with Gasteiger partial charge in [-0.05, 0) is 0 Å². The van der Waals surface area contributed by atoms with Gasteiger partial charge in [-0.1, -0.05) is 0 Å². The van der Waals surface area contributed by atoms with Crippen molar-refractivity contribution in [3.8, 4) is 0 Å². The number of hydrogen-bond acceptors (Lipinski definition) is 2. The van der Waals surface area contributed by atoms with Crippen LogP contribution in [0.1, 0.15) is 0 Å². The van der Waals surface area contributed by atoms with Crippen molar-refractivity contribution in [3.63, 3.8) is 0 Å². The molecule has 0 saturated carbocycles. The quantitative estimate of drug-likeness (QED) is 0.250. The second-order valence-electron chi connectivity index (χ2n) is 0. The minimum atomic E-state index is 0. The third-order valence-electron chi connectivity index (χ3n) is 0. The molecule has 5 heavy (non-hydrogen) atoms. The molecule has 0 N–H and O–H groups in total. The van der Waals surface area contributed by atoms with Gasteiger partial charge in [0.05, 0.1) is 0 Å². The van der Waals surface area contributed by atoms with E-state index in [2.05, 4.69) is 23.3 Å². The topological polar surface area (TPSA) is 0 Å². The predicted octanol–water partition coefficient (Wildman–Crippen LogP) is -0.538. The summed E-state index contributed by atoms with van der Waals surface area (Å²) in [4.78, 5) is 0. The molecule has 0 aromatic carbocycles. The van der Waals surface area contributed by atoms with Crippen LogP contribution in [0.4, 0.5) is 0 Å². The summed E-state index contributed by atoms with van der Waals surface area (Å²) in [7, 11) is 0. The number of rotatable bonds is 0. The first kappa shape index (κ1) is 26.2. The van der Waals surface area contributed by atoms with Gasteiger partial charge >= 0.3 is 37.7 Å². The Kier molecular flexibility index (Phi) is 169. The molecule has 0 unspecified atom stereocenters. The molecular formula is H4FeLi2S2.